The summed E-state index contributed by atoms with van der Waals surface area (Å²) in [5.74, 6) is 0.423. The quantitative estimate of drug-likeness (QED) is 0.843. The monoisotopic (exact) mass is 234 g/mol. The topological polar surface area (TPSA) is 35.5 Å². The molecule has 3 heteroatoms. The van der Waals surface area contributed by atoms with E-state index in [-0.39, 0.29) is 0 Å². The molecule has 0 aromatic heterocycles. The van der Waals surface area contributed by atoms with Gasteiger partial charge in [0.2, 0.25) is 0 Å². The summed E-state index contributed by atoms with van der Waals surface area (Å²) in [5, 5.41) is 12.0. The van der Waals surface area contributed by atoms with Crippen LogP contribution in [0.25, 0.3) is 0 Å². The van der Waals surface area contributed by atoms with Gasteiger partial charge in [0, 0.05) is 19.6 Å². The first-order valence-electron chi connectivity index (χ1n) is 6.44. The normalized spacial score (nSPS) is 17.3. The first-order chi connectivity index (χ1) is 8.16. The Balaban J connectivity index is 1.94. The highest BCUT2D eigenvalue weighted by atomic mass is 16.3. The zero-order valence-corrected chi connectivity index (χ0v) is 10.8. The molecule has 94 valence electrons. The maximum atomic E-state index is 9.72. The van der Waals surface area contributed by atoms with E-state index in [1.165, 1.54) is 24.8 Å². The number of benzene rings is 1. The number of phenols is 1. The van der Waals surface area contributed by atoms with Crippen molar-refractivity contribution in [2.75, 3.05) is 13.1 Å². The third-order valence-corrected chi connectivity index (χ3v) is 3.41. The smallest absolute Gasteiger partial charge is 0.121 e. The van der Waals surface area contributed by atoms with Crippen molar-refractivity contribution in [1.29, 1.82) is 0 Å². The number of hydrogen-bond donors (Lipinski definition) is 2. The van der Waals surface area contributed by atoms with Crippen LogP contribution in [-0.2, 0) is 6.54 Å². The average Bonchev–Trinajstić information content (AvgIpc) is 2.34. The van der Waals surface area contributed by atoms with Gasteiger partial charge in [-0.15, -0.1) is 0 Å². The fourth-order valence-electron chi connectivity index (χ4n) is 2.40. The number of aryl methyl sites for hydroxylation is 2. The van der Waals surface area contributed by atoms with Gasteiger partial charge in [-0.2, -0.15) is 0 Å². The number of aromatic hydroxyl groups is 1. The molecule has 0 spiro atoms. The Morgan fingerprint density at radius 3 is 2.29 bits per heavy atom. The molecule has 17 heavy (non-hydrogen) atoms. The number of hydrazine groups is 1. The highest BCUT2D eigenvalue weighted by Crippen LogP contribution is 2.22. The predicted octanol–water partition coefficient (Wildman–Crippen LogP) is 2.50. The fraction of sp³-hybridized carbons (Fsp3) is 0.571. The molecule has 1 aliphatic rings. The maximum absolute atomic E-state index is 9.72. The Bertz CT molecular complexity index is 361. The molecule has 0 unspecified atom stereocenters. The maximum Gasteiger partial charge on any atom is 0.121 e. The van der Waals surface area contributed by atoms with Crippen molar-refractivity contribution in [3.63, 3.8) is 0 Å². The van der Waals surface area contributed by atoms with Crippen molar-refractivity contribution in [2.24, 2.45) is 0 Å². The van der Waals surface area contributed by atoms with Gasteiger partial charge in [-0.25, -0.2) is 5.01 Å². The SMILES string of the molecule is Cc1cc(CNN2CCCCC2)cc(C)c1O. The Labute approximate surface area is 103 Å². The van der Waals surface area contributed by atoms with Gasteiger partial charge in [0.25, 0.3) is 0 Å². The Hall–Kier alpha value is -1.06. The second-order valence-corrected chi connectivity index (χ2v) is 4.96. The van der Waals surface area contributed by atoms with Crippen LogP contribution in [0.5, 0.6) is 5.75 Å². The van der Waals surface area contributed by atoms with Gasteiger partial charge in [-0.3, -0.25) is 5.43 Å². The van der Waals surface area contributed by atoms with Gasteiger partial charge >= 0.3 is 0 Å². The molecule has 1 saturated heterocycles. The van der Waals surface area contributed by atoms with E-state index in [0.29, 0.717) is 5.75 Å². The van der Waals surface area contributed by atoms with Crippen molar-refractivity contribution in [3.8, 4) is 5.75 Å². The number of hydrogen-bond acceptors (Lipinski definition) is 3. The summed E-state index contributed by atoms with van der Waals surface area (Å²) >= 11 is 0. The molecule has 0 aliphatic carbocycles. The van der Waals surface area contributed by atoms with Crippen LogP contribution in [0.3, 0.4) is 0 Å². The summed E-state index contributed by atoms with van der Waals surface area (Å²) in [4.78, 5) is 0. The van der Waals surface area contributed by atoms with Crippen molar-refractivity contribution in [1.82, 2.24) is 10.4 Å². The molecule has 1 aliphatic heterocycles. The minimum atomic E-state index is 0.423. The number of phenolic OH excluding ortho intramolecular Hbond substituents is 1. The Morgan fingerprint density at radius 1 is 1.12 bits per heavy atom. The van der Waals surface area contributed by atoms with E-state index in [0.717, 1.165) is 30.8 Å². The first kappa shape index (κ1) is 12.4. The molecule has 0 radical (unpaired) electrons. The molecule has 0 atom stereocenters. The van der Waals surface area contributed by atoms with Crippen molar-refractivity contribution in [3.05, 3.63) is 28.8 Å². The van der Waals surface area contributed by atoms with Gasteiger partial charge < -0.3 is 5.11 Å². The van der Waals surface area contributed by atoms with E-state index >= 15 is 0 Å². The fourth-order valence-corrected chi connectivity index (χ4v) is 2.40. The Kier molecular flexibility index (Phi) is 4.02. The molecule has 0 saturated carbocycles. The lowest BCUT2D eigenvalue weighted by atomic mass is 10.1. The molecule has 0 amide bonds. The minimum Gasteiger partial charge on any atom is -0.507 e. The highest BCUT2D eigenvalue weighted by molar-refractivity contribution is 5.42. The average molecular weight is 234 g/mol. The summed E-state index contributed by atoms with van der Waals surface area (Å²) in [6, 6.07) is 4.11. The van der Waals surface area contributed by atoms with E-state index in [1.807, 2.05) is 13.8 Å². The first-order valence-corrected chi connectivity index (χ1v) is 6.44. The van der Waals surface area contributed by atoms with Crippen LogP contribution in [0.1, 0.15) is 36.0 Å². The number of piperidine rings is 1. The summed E-state index contributed by atoms with van der Waals surface area (Å²) in [6.45, 7) is 7.05. The van der Waals surface area contributed by atoms with Gasteiger partial charge in [0.15, 0.2) is 0 Å². The van der Waals surface area contributed by atoms with E-state index in [2.05, 4.69) is 22.6 Å². The summed E-state index contributed by atoms with van der Waals surface area (Å²) < 4.78 is 0. The van der Waals surface area contributed by atoms with Crippen LogP contribution in [0, 0.1) is 13.8 Å². The second kappa shape index (κ2) is 5.52. The van der Waals surface area contributed by atoms with Gasteiger partial charge in [0.1, 0.15) is 5.75 Å². The molecule has 1 fully saturated rings. The summed E-state index contributed by atoms with van der Waals surface area (Å²) in [6.07, 6.45) is 3.94. The lowest BCUT2D eigenvalue weighted by Gasteiger charge is -2.27. The zero-order chi connectivity index (χ0) is 12.3. The van der Waals surface area contributed by atoms with Gasteiger partial charge in [-0.05, 0) is 43.4 Å². The molecule has 3 nitrogen and oxygen atoms in total. The predicted molar refractivity (Wildman–Crippen MR) is 69.8 cm³/mol. The number of nitrogens with zero attached hydrogens (tertiary/aromatic N) is 1. The molecule has 0 bridgehead atoms. The lowest BCUT2D eigenvalue weighted by Crippen LogP contribution is -2.41. The van der Waals surface area contributed by atoms with E-state index in [4.69, 9.17) is 0 Å². The second-order valence-electron chi connectivity index (χ2n) is 4.96. The van der Waals surface area contributed by atoms with Crippen LogP contribution < -0.4 is 5.43 Å². The lowest BCUT2D eigenvalue weighted by molar-refractivity contribution is 0.151. The molecule has 1 aromatic carbocycles. The summed E-state index contributed by atoms with van der Waals surface area (Å²) in [5.41, 5.74) is 6.62. The largest absolute Gasteiger partial charge is 0.507 e. The van der Waals surface area contributed by atoms with Crippen LogP contribution in [-0.4, -0.2) is 23.2 Å². The molecular weight excluding hydrogens is 212 g/mol. The molecule has 2 rings (SSSR count). The number of nitrogens with one attached hydrogen (secondary N) is 1. The van der Waals surface area contributed by atoms with Gasteiger partial charge in [-0.1, -0.05) is 18.6 Å². The standard InChI is InChI=1S/C14H22N2O/c1-11-8-13(9-12(2)14(11)17)10-15-16-6-4-3-5-7-16/h8-9,15,17H,3-7,10H2,1-2H3. The van der Waals surface area contributed by atoms with Crippen molar-refractivity contribution >= 4 is 0 Å². The van der Waals surface area contributed by atoms with Gasteiger partial charge in [0.05, 0.1) is 0 Å². The zero-order valence-electron chi connectivity index (χ0n) is 10.8. The van der Waals surface area contributed by atoms with Crippen LogP contribution in [0.4, 0.5) is 0 Å². The molecule has 1 aromatic rings. The van der Waals surface area contributed by atoms with E-state index in [1.54, 1.807) is 0 Å². The van der Waals surface area contributed by atoms with Crippen molar-refractivity contribution in [2.45, 2.75) is 39.7 Å². The number of rotatable bonds is 3. The molecule has 2 N–H and O–H groups in total. The molecule has 1 heterocycles. The van der Waals surface area contributed by atoms with Crippen molar-refractivity contribution < 1.29 is 5.11 Å². The van der Waals surface area contributed by atoms with Crippen LogP contribution in [0.15, 0.2) is 12.1 Å². The van der Waals surface area contributed by atoms with Crippen LogP contribution in [0.2, 0.25) is 0 Å². The highest BCUT2D eigenvalue weighted by Gasteiger charge is 2.09. The third-order valence-electron chi connectivity index (χ3n) is 3.41. The minimum absolute atomic E-state index is 0.423. The molecular formula is C14H22N2O. The Morgan fingerprint density at radius 2 is 1.71 bits per heavy atom. The van der Waals surface area contributed by atoms with E-state index < -0.39 is 0 Å². The third kappa shape index (κ3) is 3.20. The van der Waals surface area contributed by atoms with Crippen LogP contribution >= 0.6 is 0 Å². The van der Waals surface area contributed by atoms with E-state index in [9.17, 15) is 5.11 Å². The summed E-state index contributed by atoms with van der Waals surface area (Å²) in [7, 11) is 0.